The van der Waals surface area contributed by atoms with Gasteiger partial charge in [0.15, 0.2) is 9.84 Å². The van der Waals surface area contributed by atoms with Crippen LogP contribution in [0.1, 0.15) is 38.2 Å². The maximum atomic E-state index is 12.5. The van der Waals surface area contributed by atoms with Crippen molar-refractivity contribution < 1.29 is 13.2 Å². The van der Waals surface area contributed by atoms with Crippen LogP contribution in [0.25, 0.3) is 0 Å². The van der Waals surface area contributed by atoms with E-state index in [1.54, 1.807) is 6.92 Å². The first-order valence-corrected chi connectivity index (χ1v) is 11.5. The highest BCUT2D eigenvalue weighted by atomic mass is 32.2. The van der Waals surface area contributed by atoms with Crippen molar-refractivity contribution in [1.29, 1.82) is 0 Å². The average molecular weight is 379 g/mol. The first-order valence-electron chi connectivity index (χ1n) is 9.66. The van der Waals surface area contributed by atoms with Gasteiger partial charge in [-0.05, 0) is 37.8 Å². The van der Waals surface area contributed by atoms with E-state index in [2.05, 4.69) is 29.2 Å². The molecule has 1 aromatic carbocycles. The Bertz CT molecular complexity index is 716. The molecule has 144 valence electrons. The van der Waals surface area contributed by atoms with E-state index in [1.165, 1.54) is 5.56 Å². The van der Waals surface area contributed by atoms with E-state index in [9.17, 15) is 13.2 Å². The SMILES string of the molecule is CCS(=O)(=O)CC(=O)N1CCCC2(CCCN(Cc3ccccc3)C2)C1. The van der Waals surface area contributed by atoms with Crippen LogP contribution >= 0.6 is 0 Å². The molecule has 2 fully saturated rings. The zero-order valence-electron chi connectivity index (χ0n) is 15.7. The van der Waals surface area contributed by atoms with Gasteiger partial charge < -0.3 is 4.90 Å². The molecule has 0 radical (unpaired) electrons. The van der Waals surface area contributed by atoms with Crippen LogP contribution in [0.4, 0.5) is 0 Å². The minimum Gasteiger partial charge on any atom is -0.341 e. The molecule has 26 heavy (non-hydrogen) atoms. The Kier molecular flexibility index (Phi) is 6.03. The lowest BCUT2D eigenvalue weighted by Gasteiger charge is -2.48. The van der Waals surface area contributed by atoms with Gasteiger partial charge in [0.2, 0.25) is 5.91 Å². The number of carbonyl (C=O) groups is 1. The van der Waals surface area contributed by atoms with Gasteiger partial charge in [-0.15, -0.1) is 0 Å². The number of piperidine rings is 2. The average Bonchev–Trinajstić information content (AvgIpc) is 2.62. The quantitative estimate of drug-likeness (QED) is 0.789. The number of carbonyl (C=O) groups excluding carboxylic acids is 1. The van der Waals surface area contributed by atoms with Crippen LogP contribution in [0.2, 0.25) is 0 Å². The topological polar surface area (TPSA) is 57.7 Å². The van der Waals surface area contributed by atoms with Crippen molar-refractivity contribution in [2.75, 3.05) is 37.7 Å². The van der Waals surface area contributed by atoms with Crippen molar-refractivity contribution in [3.63, 3.8) is 0 Å². The van der Waals surface area contributed by atoms with Crippen molar-refractivity contribution in [2.45, 2.75) is 39.2 Å². The van der Waals surface area contributed by atoms with Gasteiger partial charge in [-0.3, -0.25) is 9.69 Å². The molecule has 6 heteroatoms. The molecule has 1 amide bonds. The van der Waals surface area contributed by atoms with Gasteiger partial charge in [-0.2, -0.15) is 0 Å². The summed E-state index contributed by atoms with van der Waals surface area (Å²) in [5.74, 6) is -0.526. The van der Waals surface area contributed by atoms with Gasteiger partial charge in [-0.1, -0.05) is 37.3 Å². The molecule has 0 bridgehead atoms. The lowest BCUT2D eigenvalue weighted by atomic mass is 9.73. The van der Waals surface area contributed by atoms with Crippen LogP contribution in [0, 0.1) is 5.41 Å². The molecule has 0 aromatic heterocycles. The van der Waals surface area contributed by atoms with Gasteiger partial charge in [-0.25, -0.2) is 8.42 Å². The fourth-order valence-corrected chi connectivity index (χ4v) is 5.19. The lowest BCUT2D eigenvalue weighted by Crippen LogP contribution is -2.54. The number of benzene rings is 1. The molecule has 2 heterocycles. The second kappa shape index (κ2) is 8.09. The Morgan fingerprint density at radius 1 is 1.08 bits per heavy atom. The molecule has 1 unspecified atom stereocenters. The number of hydrogen-bond donors (Lipinski definition) is 0. The summed E-state index contributed by atoms with van der Waals surface area (Å²) in [5.41, 5.74) is 1.44. The molecule has 0 N–H and O–H groups in total. The number of hydrogen-bond acceptors (Lipinski definition) is 4. The zero-order chi connectivity index (χ0) is 18.6. The second-order valence-corrected chi connectivity index (χ2v) is 10.2. The summed E-state index contributed by atoms with van der Waals surface area (Å²) in [6, 6.07) is 10.5. The van der Waals surface area contributed by atoms with E-state index in [-0.39, 0.29) is 22.8 Å². The molecule has 2 saturated heterocycles. The highest BCUT2D eigenvalue weighted by Gasteiger charge is 2.40. The monoisotopic (exact) mass is 378 g/mol. The minimum atomic E-state index is -3.26. The maximum absolute atomic E-state index is 12.5. The smallest absolute Gasteiger partial charge is 0.237 e. The zero-order valence-corrected chi connectivity index (χ0v) is 16.5. The predicted octanol–water partition coefficient (Wildman–Crippen LogP) is 2.33. The van der Waals surface area contributed by atoms with Crippen LogP contribution in [-0.4, -0.2) is 61.8 Å². The van der Waals surface area contributed by atoms with Crippen molar-refractivity contribution in [1.82, 2.24) is 9.80 Å². The molecule has 2 aliphatic rings. The van der Waals surface area contributed by atoms with Crippen molar-refractivity contribution in [2.24, 2.45) is 5.41 Å². The predicted molar refractivity (Wildman–Crippen MR) is 104 cm³/mol. The van der Waals surface area contributed by atoms with Gasteiger partial charge in [0.25, 0.3) is 0 Å². The summed E-state index contributed by atoms with van der Waals surface area (Å²) in [7, 11) is -3.26. The van der Waals surface area contributed by atoms with Crippen LogP contribution in [0.5, 0.6) is 0 Å². The number of sulfone groups is 1. The molecular formula is C20H30N2O3S. The van der Waals surface area contributed by atoms with Crippen LogP contribution < -0.4 is 0 Å². The number of nitrogens with zero attached hydrogens (tertiary/aromatic N) is 2. The van der Waals surface area contributed by atoms with Crippen molar-refractivity contribution >= 4 is 15.7 Å². The fraction of sp³-hybridized carbons (Fsp3) is 0.650. The standard InChI is InChI=1S/C20H30N2O3S/c1-2-26(24,25)15-19(23)22-13-7-11-20(17-22)10-6-12-21(16-20)14-18-8-4-3-5-9-18/h3-5,8-9H,2,6-7,10-17H2,1H3. The van der Waals surface area contributed by atoms with Crippen LogP contribution in [-0.2, 0) is 21.2 Å². The van der Waals surface area contributed by atoms with E-state index in [4.69, 9.17) is 0 Å². The molecule has 1 spiro atoms. The Labute approximate surface area is 157 Å². The number of rotatable bonds is 5. The van der Waals surface area contributed by atoms with Crippen LogP contribution in [0.3, 0.4) is 0 Å². The van der Waals surface area contributed by atoms with Gasteiger partial charge >= 0.3 is 0 Å². The third-order valence-electron chi connectivity index (χ3n) is 5.79. The fourth-order valence-electron chi connectivity index (χ4n) is 4.42. The van der Waals surface area contributed by atoms with E-state index >= 15 is 0 Å². The number of amides is 1. The largest absolute Gasteiger partial charge is 0.341 e. The third-order valence-corrected chi connectivity index (χ3v) is 7.35. The number of likely N-dealkylation sites (tertiary alicyclic amines) is 2. The van der Waals surface area contributed by atoms with Crippen molar-refractivity contribution in [3.8, 4) is 0 Å². The molecule has 1 aromatic rings. The molecule has 1 atom stereocenters. The first-order chi connectivity index (χ1) is 12.4. The normalized spacial score (nSPS) is 24.7. The highest BCUT2D eigenvalue weighted by molar-refractivity contribution is 7.92. The van der Waals surface area contributed by atoms with Crippen LogP contribution in [0.15, 0.2) is 30.3 Å². The minimum absolute atomic E-state index is 0.0303. The van der Waals surface area contributed by atoms with Crippen molar-refractivity contribution in [3.05, 3.63) is 35.9 Å². The summed E-state index contributed by atoms with van der Waals surface area (Å²) < 4.78 is 23.6. The summed E-state index contributed by atoms with van der Waals surface area (Å²) >= 11 is 0. The summed E-state index contributed by atoms with van der Waals surface area (Å²) in [5, 5.41) is 0. The third kappa shape index (κ3) is 4.86. The Morgan fingerprint density at radius 3 is 2.46 bits per heavy atom. The van der Waals surface area contributed by atoms with E-state index in [0.717, 1.165) is 45.3 Å². The summed E-state index contributed by atoms with van der Waals surface area (Å²) in [4.78, 5) is 16.8. The van der Waals surface area contributed by atoms with Gasteiger partial charge in [0.05, 0.1) is 0 Å². The van der Waals surface area contributed by atoms with Gasteiger partial charge in [0, 0.05) is 37.3 Å². The second-order valence-electron chi connectivity index (χ2n) is 7.90. The molecule has 5 nitrogen and oxygen atoms in total. The molecule has 2 aliphatic heterocycles. The summed E-state index contributed by atoms with van der Waals surface area (Å²) in [6.07, 6.45) is 4.37. The van der Waals surface area contributed by atoms with E-state index in [0.29, 0.717) is 13.1 Å². The Hall–Kier alpha value is -1.40. The Morgan fingerprint density at radius 2 is 1.77 bits per heavy atom. The first kappa shape index (κ1) is 19.4. The molecular weight excluding hydrogens is 348 g/mol. The molecule has 0 aliphatic carbocycles. The van der Waals surface area contributed by atoms with Gasteiger partial charge in [0.1, 0.15) is 5.75 Å². The Balaban J connectivity index is 1.64. The molecule has 3 rings (SSSR count). The van der Waals surface area contributed by atoms with E-state index < -0.39 is 9.84 Å². The lowest BCUT2D eigenvalue weighted by molar-refractivity contribution is -0.133. The van der Waals surface area contributed by atoms with E-state index in [1.807, 2.05) is 11.0 Å². The molecule has 0 saturated carbocycles. The summed E-state index contributed by atoms with van der Waals surface area (Å²) in [6.45, 7) is 6.03. The maximum Gasteiger partial charge on any atom is 0.237 e. The highest BCUT2D eigenvalue weighted by Crippen LogP contribution is 2.39.